The fourth-order valence-electron chi connectivity index (χ4n) is 3.82. The SMILES string of the molecule is O=C(CC1CCCCC1)Nc1ccc(SCc2nc3ccccc3[nH]c2=O)cc1. The molecule has 2 N–H and O–H groups in total. The minimum atomic E-state index is -0.150. The Bertz CT molecular complexity index is 1040. The lowest BCUT2D eigenvalue weighted by molar-refractivity contribution is -0.117. The van der Waals surface area contributed by atoms with Crippen molar-refractivity contribution in [2.75, 3.05) is 5.32 Å². The summed E-state index contributed by atoms with van der Waals surface area (Å²) in [4.78, 5) is 32.9. The lowest BCUT2D eigenvalue weighted by Gasteiger charge is -2.20. The second-order valence-electron chi connectivity index (χ2n) is 7.60. The zero-order chi connectivity index (χ0) is 20.1. The largest absolute Gasteiger partial charge is 0.326 e. The van der Waals surface area contributed by atoms with Gasteiger partial charge in [0.1, 0.15) is 5.69 Å². The third-order valence-corrected chi connectivity index (χ3v) is 6.41. The van der Waals surface area contributed by atoms with Gasteiger partial charge in [0.15, 0.2) is 0 Å². The number of hydrogen-bond acceptors (Lipinski definition) is 4. The summed E-state index contributed by atoms with van der Waals surface area (Å²) in [5.41, 5.74) is 2.72. The molecule has 0 aliphatic heterocycles. The van der Waals surface area contributed by atoms with Gasteiger partial charge in [-0.05, 0) is 55.2 Å². The van der Waals surface area contributed by atoms with Crippen LogP contribution in [0, 0.1) is 5.92 Å². The molecular formula is C23H25N3O2S. The monoisotopic (exact) mass is 407 g/mol. The van der Waals surface area contributed by atoms with Gasteiger partial charge >= 0.3 is 0 Å². The molecule has 2 aromatic carbocycles. The van der Waals surface area contributed by atoms with Gasteiger partial charge in [-0.25, -0.2) is 4.98 Å². The van der Waals surface area contributed by atoms with Crippen molar-refractivity contribution in [3.63, 3.8) is 0 Å². The summed E-state index contributed by atoms with van der Waals surface area (Å²) in [6.07, 6.45) is 6.76. The topological polar surface area (TPSA) is 74.8 Å². The van der Waals surface area contributed by atoms with Gasteiger partial charge in [-0.1, -0.05) is 31.4 Å². The number of para-hydroxylation sites is 2. The number of carbonyl (C=O) groups is 1. The minimum absolute atomic E-state index is 0.101. The van der Waals surface area contributed by atoms with Crippen LogP contribution in [0.1, 0.15) is 44.2 Å². The van der Waals surface area contributed by atoms with E-state index in [9.17, 15) is 9.59 Å². The lowest BCUT2D eigenvalue weighted by Crippen LogP contribution is -2.18. The maximum Gasteiger partial charge on any atom is 0.271 e. The van der Waals surface area contributed by atoms with Crippen LogP contribution in [-0.4, -0.2) is 15.9 Å². The second kappa shape index (κ2) is 9.27. The maximum atomic E-state index is 12.3. The summed E-state index contributed by atoms with van der Waals surface area (Å²) in [6.45, 7) is 0. The first kappa shape index (κ1) is 19.7. The number of nitrogens with zero attached hydrogens (tertiary/aromatic N) is 1. The average molecular weight is 408 g/mol. The number of fused-ring (bicyclic) bond motifs is 1. The van der Waals surface area contributed by atoms with Gasteiger partial charge in [0.25, 0.3) is 5.56 Å². The van der Waals surface area contributed by atoms with Crippen molar-refractivity contribution in [1.29, 1.82) is 0 Å². The molecule has 1 fully saturated rings. The van der Waals surface area contributed by atoms with E-state index in [1.807, 2.05) is 48.5 Å². The van der Waals surface area contributed by atoms with Crippen LogP contribution in [-0.2, 0) is 10.5 Å². The number of hydrogen-bond donors (Lipinski definition) is 2. The second-order valence-corrected chi connectivity index (χ2v) is 8.65. The molecular weight excluding hydrogens is 382 g/mol. The van der Waals surface area contributed by atoms with Gasteiger partial charge in [0.2, 0.25) is 5.91 Å². The molecule has 0 bridgehead atoms. The molecule has 5 nitrogen and oxygen atoms in total. The van der Waals surface area contributed by atoms with Crippen LogP contribution < -0.4 is 10.9 Å². The first-order valence-electron chi connectivity index (χ1n) is 10.2. The number of nitrogens with one attached hydrogen (secondary N) is 2. The van der Waals surface area contributed by atoms with Crippen molar-refractivity contribution in [3.8, 4) is 0 Å². The summed E-state index contributed by atoms with van der Waals surface area (Å²) >= 11 is 1.56. The zero-order valence-corrected chi connectivity index (χ0v) is 17.1. The van der Waals surface area contributed by atoms with E-state index in [0.717, 1.165) is 21.6 Å². The Balaban J connectivity index is 1.33. The molecule has 0 saturated heterocycles. The van der Waals surface area contributed by atoms with Gasteiger partial charge in [-0.3, -0.25) is 9.59 Å². The molecule has 29 heavy (non-hydrogen) atoms. The number of anilines is 1. The lowest BCUT2D eigenvalue weighted by atomic mass is 9.87. The molecule has 1 aromatic heterocycles. The standard InChI is InChI=1S/C23H25N3O2S/c27-22(14-16-6-2-1-3-7-16)24-17-10-12-18(13-11-17)29-15-21-23(28)26-20-9-5-4-8-19(20)25-21/h4-5,8-13,16H,1-3,6-7,14-15H2,(H,24,27)(H,26,28). The van der Waals surface area contributed by atoms with Gasteiger partial charge < -0.3 is 10.3 Å². The van der Waals surface area contributed by atoms with Crippen molar-refractivity contribution in [3.05, 3.63) is 64.6 Å². The third kappa shape index (κ3) is 5.26. The van der Waals surface area contributed by atoms with E-state index in [1.54, 1.807) is 11.8 Å². The van der Waals surface area contributed by atoms with Crippen molar-refractivity contribution in [2.24, 2.45) is 5.92 Å². The first-order chi connectivity index (χ1) is 14.2. The molecule has 0 spiro atoms. The Morgan fingerprint density at radius 2 is 1.83 bits per heavy atom. The van der Waals surface area contributed by atoms with Crippen LogP contribution in [0.15, 0.2) is 58.2 Å². The highest BCUT2D eigenvalue weighted by Crippen LogP contribution is 2.27. The van der Waals surface area contributed by atoms with Crippen LogP contribution in [0.3, 0.4) is 0 Å². The van der Waals surface area contributed by atoms with Gasteiger partial charge in [0.05, 0.1) is 11.0 Å². The summed E-state index contributed by atoms with van der Waals surface area (Å²) in [5.74, 6) is 1.13. The van der Waals surface area contributed by atoms with Crippen LogP contribution in [0.2, 0.25) is 0 Å². The number of rotatable bonds is 6. The number of H-pyrrole nitrogens is 1. The summed E-state index contributed by atoms with van der Waals surface area (Å²) in [6, 6.07) is 15.3. The molecule has 1 saturated carbocycles. The van der Waals surface area contributed by atoms with E-state index in [0.29, 0.717) is 23.8 Å². The van der Waals surface area contributed by atoms with Gasteiger partial charge in [-0.15, -0.1) is 11.8 Å². The highest BCUT2D eigenvalue weighted by molar-refractivity contribution is 7.98. The predicted octanol–water partition coefficient (Wildman–Crippen LogP) is 5.12. The fourth-order valence-corrected chi connectivity index (χ4v) is 4.64. The normalized spacial score (nSPS) is 14.8. The van der Waals surface area contributed by atoms with Crippen molar-refractivity contribution in [1.82, 2.24) is 9.97 Å². The van der Waals surface area contributed by atoms with Crippen LogP contribution in [0.25, 0.3) is 11.0 Å². The number of thioether (sulfide) groups is 1. The fraction of sp³-hybridized carbons (Fsp3) is 0.348. The number of benzene rings is 2. The van der Waals surface area contributed by atoms with E-state index >= 15 is 0 Å². The molecule has 0 unspecified atom stereocenters. The molecule has 4 rings (SSSR count). The smallest absolute Gasteiger partial charge is 0.271 e. The van der Waals surface area contributed by atoms with Crippen molar-refractivity contribution in [2.45, 2.75) is 49.2 Å². The summed E-state index contributed by atoms with van der Waals surface area (Å²) in [5, 5.41) is 3.00. The Labute approximate surface area is 174 Å². The predicted molar refractivity (Wildman–Crippen MR) is 118 cm³/mol. The summed E-state index contributed by atoms with van der Waals surface area (Å²) < 4.78 is 0. The molecule has 150 valence electrons. The van der Waals surface area contributed by atoms with Gasteiger partial charge in [0, 0.05) is 22.8 Å². The molecule has 6 heteroatoms. The van der Waals surface area contributed by atoms with Crippen molar-refractivity contribution < 1.29 is 4.79 Å². The molecule has 1 aliphatic rings. The van der Waals surface area contributed by atoms with E-state index < -0.39 is 0 Å². The highest BCUT2D eigenvalue weighted by Gasteiger charge is 2.17. The van der Waals surface area contributed by atoms with E-state index in [-0.39, 0.29) is 11.5 Å². The summed E-state index contributed by atoms with van der Waals surface area (Å²) in [7, 11) is 0. The molecule has 3 aromatic rings. The maximum absolute atomic E-state index is 12.3. The molecule has 0 atom stereocenters. The number of aromatic amines is 1. The minimum Gasteiger partial charge on any atom is -0.326 e. The van der Waals surface area contributed by atoms with E-state index in [2.05, 4.69) is 15.3 Å². The number of aromatic nitrogens is 2. The Morgan fingerprint density at radius 3 is 2.62 bits per heavy atom. The van der Waals surface area contributed by atoms with E-state index in [1.165, 1.54) is 32.1 Å². The quantitative estimate of drug-likeness (QED) is 0.556. The zero-order valence-electron chi connectivity index (χ0n) is 16.3. The molecule has 0 radical (unpaired) electrons. The van der Waals surface area contributed by atoms with Crippen LogP contribution >= 0.6 is 11.8 Å². The molecule has 1 heterocycles. The average Bonchev–Trinajstić information content (AvgIpc) is 2.74. The molecule has 1 aliphatic carbocycles. The highest BCUT2D eigenvalue weighted by atomic mass is 32.2. The van der Waals surface area contributed by atoms with Crippen LogP contribution in [0.4, 0.5) is 5.69 Å². The van der Waals surface area contributed by atoms with Crippen molar-refractivity contribution >= 4 is 34.4 Å². The number of carbonyl (C=O) groups excluding carboxylic acids is 1. The Kier molecular flexibility index (Phi) is 6.30. The van der Waals surface area contributed by atoms with Crippen LogP contribution in [0.5, 0.6) is 0 Å². The van der Waals surface area contributed by atoms with Gasteiger partial charge in [-0.2, -0.15) is 0 Å². The number of amides is 1. The Hall–Kier alpha value is -2.60. The first-order valence-corrected chi connectivity index (χ1v) is 11.2. The molecule has 1 amide bonds. The third-order valence-electron chi connectivity index (χ3n) is 5.38. The Morgan fingerprint density at radius 1 is 1.07 bits per heavy atom. The van der Waals surface area contributed by atoms with E-state index in [4.69, 9.17) is 0 Å².